The second-order valence-corrected chi connectivity index (χ2v) is 6.66. The molecule has 4 rings (SSSR count). The van der Waals surface area contributed by atoms with Crippen LogP contribution in [0, 0.1) is 0 Å². The van der Waals surface area contributed by atoms with Gasteiger partial charge in [0, 0.05) is 44.5 Å². The molecule has 0 amide bonds. The summed E-state index contributed by atoms with van der Waals surface area (Å²) in [6.07, 6.45) is 5.24. The number of aromatic nitrogens is 2. The van der Waals surface area contributed by atoms with E-state index >= 15 is 0 Å². The molecule has 1 unspecified atom stereocenters. The molecule has 2 aromatic rings. The van der Waals surface area contributed by atoms with Crippen LogP contribution in [0.1, 0.15) is 30.2 Å². The molecule has 1 aliphatic heterocycles. The molecule has 1 aliphatic carbocycles. The molecule has 4 nitrogen and oxygen atoms in total. The van der Waals surface area contributed by atoms with Crippen LogP contribution in [0.5, 0.6) is 0 Å². The molecule has 1 spiro atoms. The lowest BCUT2D eigenvalue weighted by atomic mass is 9.93. The van der Waals surface area contributed by atoms with Gasteiger partial charge in [-0.1, -0.05) is 24.3 Å². The number of fused-ring (bicyclic) bond motifs is 2. The van der Waals surface area contributed by atoms with Crippen molar-refractivity contribution >= 4 is 0 Å². The average molecular weight is 311 g/mol. The van der Waals surface area contributed by atoms with E-state index in [2.05, 4.69) is 51.9 Å². The average Bonchev–Trinajstić information content (AvgIpc) is 3.19. The van der Waals surface area contributed by atoms with Crippen molar-refractivity contribution in [2.75, 3.05) is 26.2 Å². The summed E-state index contributed by atoms with van der Waals surface area (Å²) in [6.45, 7) is 7.06. The highest BCUT2D eigenvalue weighted by Crippen LogP contribution is 2.42. The monoisotopic (exact) mass is 311 g/mol. The van der Waals surface area contributed by atoms with Gasteiger partial charge in [-0.25, -0.2) is 0 Å². The third-order valence-corrected chi connectivity index (χ3v) is 5.36. The Balaban J connectivity index is 1.46. The van der Waals surface area contributed by atoms with Gasteiger partial charge in [-0.3, -0.25) is 9.58 Å². The standard InChI is InChI=1S/C19H25N3O/c1-2-22-17(8-11-20-22)9-12-21-13-14-23-19(15-21)10-7-16-5-3-4-6-18(16)19/h3-6,8,11H,2,7,9-10,12-15H2,1H3. The lowest BCUT2D eigenvalue weighted by molar-refractivity contribution is -0.113. The van der Waals surface area contributed by atoms with Crippen molar-refractivity contribution in [2.45, 2.75) is 38.3 Å². The van der Waals surface area contributed by atoms with Gasteiger partial charge in [0.25, 0.3) is 0 Å². The number of morpholine rings is 1. The maximum Gasteiger partial charge on any atom is 0.106 e. The molecule has 0 radical (unpaired) electrons. The molecular formula is C19H25N3O. The predicted octanol–water partition coefficient (Wildman–Crippen LogP) is 2.62. The van der Waals surface area contributed by atoms with E-state index in [1.165, 1.54) is 16.8 Å². The van der Waals surface area contributed by atoms with E-state index in [4.69, 9.17) is 4.74 Å². The molecule has 1 saturated heterocycles. The summed E-state index contributed by atoms with van der Waals surface area (Å²) in [6, 6.07) is 11.0. The summed E-state index contributed by atoms with van der Waals surface area (Å²) in [7, 11) is 0. The summed E-state index contributed by atoms with van der Waals surface area (Å²) >= 11 is 0. The zero-order valence-electron chi connectivity index (χ0n) is 13.9. The van der Waals surface area contributed by atoms with E-state index in [0.717, 1.165) is 52.0 Å². The molecule has 122 valence electrons. The second kappa shape index (κ2) is 6.10. The Labute approximate surface area is 138 Å². The van der Waals surface area contributed by atoms with E-state index < -0.39 is 0 Å². The Hall–Kier alpha value is -1.65. The van der Waals surface area contributed by atoms with Crippen LogP contribution >= 0.6 is 0 Å². The van der Waals surface area contributed by atoms with E-state index in [1.54, 1.807) is 0 Å². The summed E-state index contributed by atoms with van der Waals surface area (Å²) in [5, 5.41) is 4.37. The Kier molecular flexibility index (Phi) is 3.95. The van der Waals surface area contributed by atoms with Gasteiger partial charge in [0.05, 0.1) is 6.61 Å². The smallest absolute Gasteiger partial charge is 0.106 e. The van der Waals surface area contributed by atoms with Crippen LogP contribution in [0.15, 0.2) is 36.5 Å². The fraction of sp³-hybridized carbons (Fsp3) is 0.526. The number of rotatable bonds is 4. The number of aryl methyl sites for hydroxylation is 2. The number of nitrogens with zero attached hydrogens (tertiary/aromatic N) is 3. The third-order valence-electron chi connectivity index (χ3n) is 5.36. The van der Waals surface area contributed by atoms with Crippen molar-refractivity contribution < 1.29 is 4.74 Å². The van der Waals surface area contributed by atoms with E-state index in [9.17, 15) is 0 Å². The molecule has 1 fully saturated rings. The Bertz CT molecular complexity index is 677. The first kappa shape index (κ1) is 14.9. The summed E-state index contributed by atoms with van der Waals surface area (Å²) < 4.78 is 8.40. The van der Waals surface area contributed by atoms with E-state index in [0.29, 0.717) is 0 Å². The van der Waals surface area contributed by atoms with Gasteiger partial charge in [0.1, 0.15) is 5.60 Å². The molecule has 0 bridgehead atoms. The quantitative estimate of drug-likeness (QED) is 0.869. The van der Waals surface area contributed by atoms with Crippen molar-refractivity contribution in [1.82, 2.24) is 14.7 Å². The molecular weight excluding hydrogens is 286 g/mol. The highest BCUT2D eigenvalue weighted by Gasteiger charge is 2.42. The fourth-order valence-corrected chi connectivity index (χ4v) is 4.14. The molecule has 0 N–H and O–H groups in total. The lowest BCUT2D eigenvalue weighted by Gasteiger charge is -2.41. The number of benzene rings is 1. The molecule has 1 atom stereocenters. The van der Waals surface area contributed by atoms with Crippen LogP contribution in [-0.2, 0) is 29.7 Å². The Morgan fingerprint density at radius 1 is 1.26 bits per heavy atom. The molecule has 1 aromatic carbocycles. The third kappa shape index (κ3) is 2.70. The first-order chi connectivity index (χ1) is 11.3. The molecule has 2 aliphatic rings. The van der Waals surface area contributed by atoms with Gasteiger partial charge in [-0.15, -0.1) is 0 Å². The maximum absolute atomic E-state index is 6.31. The predicted molar refractivity (Wildman–Crippen MR) is 90.4 cm³/mol. The minimum Gasteiger partial charge on any atom is -0.368 e. The first-order valence-corrected chi connectivity index (χ1v) is 8.76. The molecule has 2 heterocycles. The van der Waals surface area contributed by atoms with Crippen molar-refractivity contribution in [1.29, 1.82) is 0 Å². The minimum atomic E-state index is -0.0696. The second-order valence-electron chi connectivity index (χ2n) is 6.66. The van der Waals surface area contributed by atoms with Gasteiger partial charge >= 0.3 is 0 Å². The van der Waals surface area contributed by atoms with Crippen molar-refractivity contribution in [2.24, 2.45) is 0 Å². The SMILES string of the molecule is CCn1nccc1CCN1CCOC2(CCc3ccccc32)C1. The molecule has 23 heavy (non-hydrogen) atoms. The van der Waals surface area contributed by atoms with Gasteiger partial charge in [0.2, 0.25) is 0 Å². The van der Waals surface area contributed by atoms with Crippen LogP contribution in [0.25, 0.3) is 0 Å². The Morgan fingerprint density at radius 2 is 2.17 bits per heavy atom. The summed E-state index contributed by atoms with van der Waals surface area (Å²) in [4.78, 5) is 2.57. The number of ether oxygens (including phenoxy) is 1. The fourth-order valence-electron chi connectivity index (χ4n) is 4.14. The van der Waals surface area contributed by atoms with Crippen LogP contribution in [0.4, 0.5) is 0 Å². The summed E-state index contributed by atoms with van der Waals surface area (Å²) in [5.41, 5.74) is 4.15. The van der Waals surface area contributed by atoms with Crippen LogP contribution < -0.4 is 0 Å². The molecule has 0 saturated carbocycles. The number of hydrogen-bond acceptors (Lipinski definition) is 3. The minimum absolute atomic E-state index is 0.0696. The van der Waals surface area contributed by atoms with Gasteiger partial charge in [-0.05, 0) is 37.0 Å². The highest BCUT2D eigenvalue weighted by molar-refractivity contribution is 5.38. The maximum atomic E-state index is 6.31. The highest BCUT2D eigenvalue weighted by atomic mass is 16.5. The van der Waals surface area contributed by atoms with Crippen molar-refractivity contribution in [3.63, 3.8) is 0 Å². The zero-order chi connectivity index (χ0) is 15.7. The largest absolute Gasteiger partial charge is 0.368 e. The first-order valence-electron chi connectivity index (χ1n) is 8.76. The topological polar surface area (TPSA) is 30.3 Å². The lowest BCUT2D eigenvalue weighted by Crippen LogP contribution is -2.49. The Morgan fingerprint density at radius 3 is 3.09 bits per heavy atom. The van der Waals surface area contributed by atoms with Crippen molar-refractivity contribution in [3.05, 3.63) is 53.3 Å². The van der Waals surface area contributed by atoms with Gasteiger partial charge in [0.15, 0.2) is 0 Å². The number of hydrogen-bond donors (Lipinski definition) is 0. The van der Waals surface area contributed by atoms with Crippen molar-refractivity contribution in [3.8, 4) is 0 Å². The van der Waals surface area contributed by atoms with E-state index in [1.807, 2.05) is 6.20 Å². The van der Waals surface area contributed by atoms with Crippen LogP contribution in [-0.4, -0.2) is 40.9 Å². The van der Waals surface area contributed by atoms with Gasteiger partial charge < -0.3 is 4.74 Å². The normalized spacial score (nSPS) is 24.2. The zero-order valence-corrected chi connectivity index (χ0v) is 13.9. The van der Waals surface area contributed by atoms with Gasteiger partial charge in [-0.2, -0.15) is 5.10 Å². The van der Waals surface area contributed by atoms with E-state index in [-0.39, 0.29) is 5.60 Å². The van der Waals surface area contributed by atoms with Crippen LogP contribution in [0.3, 0.4) is 0 Å². The summed E-state index contributed by atoms with van der Waals surface area (Å²) in [5.74, 6) is 0. The van der Waals surface area contributed by atoms with Crippen LogP contribution in [0.2, 0.25) is 0 Å². The molecule has 4 heteroatoms. The molecule has 1 aromatic heterocycles.